The fourth-order valence-electron chi connectivity index (χ4n) is 3.84. The third kappa shape index (κ3) is 8.22. The van der Waals surface area contributed by atoms with Crippen LogP contribution in [0.4, 0.5) is 13.2 Å². The summed E-state index contributed by atoms with van der Waals surface area (Å²) in [7, 11) is 0. The van der Waals surface area contributed by atoms with Crippen molar-refractivity contribution in [2.24, 2.45) is 16.6 Å². The lowest BCUT2D eigenvalue weighted by atomic mass is 9.97. The average Bonchev–Trinajstić information content (AvgIpc) is 3.04. The Morgan fingerprint density at radius 2 is 2.00 bits per heavy atom. The summed E-state index contributed by atoms with van der Waals surface area (Å²) in [6.07, 6.45) is -0.784. The van der Waals surface area contributed by atoms with E-state index in [4.69, 9.17) is 5.73 Å². The van der Waals surface area contributed by atoms with E-state index >= 15 is 0 Å². The van der Waals surface area contributed by atoms with Crippen LogP contribution in [-0.2, 0) is 4.79 Å². The molecule has 7 nitrogen and oxygen atoms in total. The summed E-state index contributed by atoms with van der Waals surface area (Å²) in [6.45, 7) is 5.76. The smallest absolute Gasteiger partial charge is 0.369 e. The Balaban J connectivity index is 1.72. The first-order chi connectivity index (χ1) is 13.3. The van der Waals surface area contributed by atoms with Gasteiger partial charge in [-0.15, -0.1) is 0 Å². The highest BCUT2D eigenvalue weighted by molar-refractivity contribution is 5.80. The number of guanidine groups is 1. The Kier molecular flexibility index (Phi) is 8.81. The molecular formula is C18H33F3N6O. The lowest BCUT2D eigenvalue weighted by molar-refractivity contribution is -0.143. The highest BCUT2D eigenvalue weighted by atomic mass is 19.4. The van der Waals surface area contributed by atoms with Crippen molar-refractivity contribution >= 4 is 11.9 Å². The third-order valence-corrected chi connectivity index (χ3v) is 5.17. The number of primary amides is 1. The summed E-state index contributed by atoms with van der Waals surface area (Å²) in [4.78, 5) is 19.6. The number of amides is 1. The van der Waals surface area contributed by atoms with Gasteiger partial charge in [0.05, 0.1) is 12.5 Å². The van der Waals surface area contributed by atoms with Gasteiger partial charge in [-0.25, -0.2) is 0 Å². The van der Waals surface area contributed by atoms with Gasteiger partial charge in [0, 0.05) is 38.8 Å². The van der Waals surface area contributed by atoms with Crippen LogP contribution < -0.4 is 16.4 Å². The number of likely N-dealkylation sites (tertiary alicyclic amines) is 2. The number of rotatable bonds is 8. The molecule has 2 aliphatic rings. The summed E-state index contributed by atoms with van der Waals surface area (Å²) in [5.41, 5.74) is 5.41. The van der Waals surface area contributed by atoms with Crippen molar-refractivity contribution in [1.29, 1.82) is 0 Å². The van der Waals surface area contributed by atoms with E-state index < -0.39 is 12.7 Å². The lowest BCUT2D eigenvalue weighted by Gasteiger charge is -2.30. The first-order valence-electron chi connectivity index (χ1n) is 10.1. The number of carbonyl (C=O) groups is 1. The van der Waals surface area contributed by atoms with E-state index in [-0.39, 0.29) is 17.9 Å². The van der Waals surface area contributed by atoms with Crippen LogP contribution in [0.25, 0.3) is 0 Å². The maximum atomic E-state index is 12.5. The Hall–Kier alpha value is -1.55. The minimum Gasteiger partial charge on any atom is -0.369 e. The van der Waals surface area contributed by atoms with Crippen molar-refractivity contribution in [3.8, 4) is 0 Å². The summed E-state index contributed by atoms with van der Waals surface area (Å²) in [6, 6.07) is -0.0291. The quantitative estimate of drug-likeness (QED) is 0.315. The molecule has 10 heteroatoms. The zero-order valence-electron chi connectivity index (χ0n) is 16.6. The van der Waals surface area contributed by atoms with Gasteiger partial charge in [-0.3, -0.25) is 14.7 Å². The maximum absolute atomic E-state index is 12.5. The second kappa shape index (κ2) is 10.8. The van der Waals surface area contributed by atoms with Crippen molar-refractivity contribution < 1.29 is 18.0 Å². The molecule has 0 saturated carbocycles. The van der Waals surface area contributed by atoms with Gasteiger partial charge in [0.15, 0.2) is 5.96 Å². The third-order valence-electron chi connectivity index (χ3n) is 5.17. The topological polar surface area (TPSA) is 86.0 Å². The number of nitrogens with zero attached hydrogens (tertiary/aromatic N) is 3. The van der Waals surface area contributed by atoms with Gasteiger partial charge in [-0.2, -0.15) is 13.2 Å². The fourth-order valence-corrected chi connectivity index (χ4v) is 3.84. The molecule has 2 atom stereocenters. The Morgan fingerprint density at radius 3 is 2.68 bits per heavy atom. The number of nitrogens with one attached hydrogen (secondary N) is 2. The molecule has 2 saturated heterocycles. The molecule has 0 aromatic heterocycles. The minimum absolute atomic E-state index is 0.0291. The largest absolute Gasteiger partial charge is 0.401 e. The summed E-state index contributed by atoms with van der Waals surface area (Å²) in [5, 5.41) is 6.40. The van der Waals surface area contributed by atoms with E-state index in [2.05, 4.69) is 20.5 Å². The van der Waals surface area contributed by atoms with Crippen molar-refractivity contribution in [1.82, 2.24) is 20.4 Å². The number of hydrogen-bond acceptors (Lipinski definition) is 4. The number of carbonyl (C=O) groups excluding carboxylic acids is 1. The molecular weight excluding hydrogens is 373 g/mol. The molecule has 162 valence electrons. The van der Waals surface area contributed by atoms with Gasteiger partial charge in [-0.1, -0.05) is 0 Å². The number of nitrogens with two attached hydrogens (primary N) is 1. The van der Waals surface area contributed by atoms with Crippen LogP contribution in [0.3, 0.4) is 0 Å². The van der Waals surface area contributed by atoms with E-state index in [1.807, 2.05) is 6.92 Å². The molecule has 0 aliphatic carbocycles. The fraction of sp³-hybridized carbons (Fsp3) is 0.889. The summed E-state index contributed by atoms with van der Waals surface area (Å²) < 4.78 is 37.6. The first-order valence-corrected chi connectivity index (χ1v) is 10.1. The van der Waals surface area contributed by atoms with E-state index in [1.165, 1.54) is 4.90 Å². The monoisotopic (exact) mass is 406 g/mol. The predicted octanol–water partition coefficient (Wildman–Crippen LogP) is 0.766. The number of halogens is 3. The zero-order valence-corrected chi connectivity index (χ0v) is 16.6. The molecule has 2 heterocycles. The number of aliphatic imine (C=N–C) groups is 1. The summed E-state index contributed by atoms with van der Waals surface area (Å²) in [5.74, 6) is 0.366. The minimum atomic E-state index is -4.16. The SMILES string of the molecule is CCNC(=NCCCN1CCCC(C(N)=O)C1)NC1CCN(CC(F)(F)F)C1. The van der Waals surface area contributed by atoms with Gasteiger partial charge >= 0.3 is 6.18 Å². The van der Waals surface area contributed by atoms with Gasteiger partial charge in [0.1, 0.15) is 0 Å². The number of hydrogen-bond donors (Lipinski definition) is 3. The molecule has 0 bridgehead atoms. The molecule has 0 radical (unpaired) electrons. The van der Waals surface area contributed by atoms with Crippen LogP contribution in [0.1, 0.15) is 32.6 Å². The molecule has 2 aliphatic heterocycles. The molecule has 0 aromatic rings. The normalized spacial score (nSPS) is 25.1. The van der Waals surface area contributed by atoms with Crippen LogP contribution in [0.2, 0.25) is 0 Å². The van der Waals surface area contributed by atoms with E-state index in [0.29, 0.717) is 45.1 Å². The number of alkyl halides is 3. The molecule has 4 N–H and O–H groups in total. The van der Waals surface area contributed by atoms with E-state index in [9.17, 15) is 18.0 Å². The standard InChI is InChI=1S/C18H33F3N6O/c1-2-23-17(25-15-6-10-27(12-15)13-18(19,20)21)24-7-4-9-26-8-3-5-14(11-26)16(22)28/h14-15H,2-13H2,1H3,(H2,22,28)(H2,23,24,25). The lowest BCUT2D eigenvalue weighted by Crippen LogP contribution is -2.45. The Labute approximate surface area is 164 Å². The highest BCUT2D eigenvalue weighted by Gasteiger charge is 2.34. The Bertz CT molecular complexity index is 528. The molecule has 2 rings (SSSR count). The predicted molar refractivity (Wildman–Crippen MR) is 103 cm³/mol. The maximum Gasteiger partial charge on any atom is 0.401 e. The molecule has 2 unspecified atom stereocenters. The van der Waals surface area contributed by atoms with Crippen LogP contribution in [-0.4, -0.2) is 86.2 Å². The Morgan fingerprint density at radius 1 is 1.21 bits per heavy atom. The average molecular weight is 406 g/mol. The van der Waals surface area contributed by atoms with E-state index in [1.54, 1.807) is 0 Å². The van der Waals surface area contributed by atoms with Gasteiger partial charge in [0.2, 0.25) is 5.91 Å². The van der Waals surface area contributed by atoms with Gasteiger partial charge in [0.25, 0.3) is 0 Å². The van der Waals surface area contributed by atoms with Crippen molar-refractivity contribution in [3.05, 3.63) is 0 Å². The summed E-state index contributed by atoms with van der Waals surface area (Å²) >= 11 is 0. The van der Waals surface area contributed by atoms with Crippen molar-refractivity contribution in [2.75, 3.05) is 52.4 Å². The molecule has 2 fully saturated rings. The van der Waals surface area contributed by atoms with Crippen LogP contribution >= 0.6 is 0 Å². The second-order valence-electron chi connectivity index (χ2n) is 7.64. The van der Waals surface area contributed by atoms with Crippen molar-refractivity contribution in [2.45, 2.75) is 44.8 Å². The van der Waals surface area contributed by atoms with E-state index in [0.717, 1.165) is 32.4 Å². The van der Waals surface area contributed by atoms with Gasteiger partial charge in [-0.05, 0) is 45.7 Å². The second-order valence-corrected chi connectivity index (χ2v) is 7.64. The molecule has 0 aromatic carbocycles. The van der Waals surface area contributed by atoms with Crippen molar-refractivity contribution in [3.63, 3.8) is 0 Å². The zero-order chi connectivity index (χ0) is 20.6. The molecule has 28 heavy (non-hydrogen) atoms. The molecule has 0 spiro atoms. The number of piperidine rings is 1. The van der Waals surface area contributed by atoms with Gasteiger partial charge < -0.3 is 21.3 Å². The van der Waals surface area contributed by atoms with Crippen LogP contribution in [0.5, 0.6) is 0 Å². The van der Waals surface area contributed by atoms with Crippen LogP contribution in [0.15, 0.2) is 4.99 Å². The van der Waals surface area contributed by atoms with Crippen LogP contribution in [0, 0.1) is 5.92 Å². The molecule has 1 amide bonds. The highest BCUT2D eigenvalue weighted by Crippen LogP contribution is 2.20. The first kappa shape index (κ1) is 22.7.